The van der Waals surface area contributed by atoms with Gasteiger partial charge in [0.15, 0.2) is 0 Å². The van der Waals surface area contributed by atoms with Crippen molar-refractivity contribution in [1.29, 1.82) is 0 Å². The maximum atomic E-state index is 14.4. The van der Waals surface area contributed by atoms with Gasteiger partial charge in [-0.1, -0.05) is 54.8 Å². The number of carboxylic acid groups (broad SMARTS) is 2. The Labute approximate surface area is 305 Å². The van der Waals surface area contributed by atoms with Crippen molar-refractivity contribution < 1.29 is 39.0 Å². The highest BCUT2D eigenvalue weighted by atomic mass is 35.5. The van der Waals surface area contributed by atoms with Gasteiger partial charge in [-0.25, -0.2) is 4.79 Å². The van der Waals surface area contributed by atoms with Crippen LogP contribution in [-0.2, 0) is 35.2 Å². The molecule has 3 aromatic rings. The summed E-state index contributed by atoms with van der Waals surface area (Å²) in [6.07, 6.45) is 6.13. The first-order chi connectivity index (χ1) is 24.9. The number of nitrogens with one attached hydrogen (secondary N) is 2. The molecule has 2 aliphatic rings. The zero-order chi connectivity index (χ0) is 37.4. The lowest BCUT2D eigenvalue weighted by Gasteiger charge is -2.32. The van der Waals surface area contributed by atoms with E-state index in [1.54, 1.807) is 73.1 Å². The number of aliphatic carboxylic acids is 2. The molecule has 2 fully saturated rings. The van der Waals surface area contributed by atoms with E-state index in [1.807, 2.05) is 0 Å². The number of anilines is 1. The topological polar surface area (TPSA) is 186 Å². The largest absolute Gasteiger partial charge is 0.481 e. The van der Waals surface area contributed by atoms with Crippen molar-refractivity contribution >= 4 is 58.9 Å². The fourth-order valence-corrected chi connectivity index (χ4v) is 7.04. The van der Waals surface area contributed by atoms with Gasteiger partial charge in [0.2, 0.25) is 17.7 Å². The van der Waals surface area contributed by atoms with Gasteiger partial charge < -0.3 is 25.7 Å². The molecule has 0 bridgehead atoms. The van der Waals surface area contributed by atoms with Gasteiger partial charge in [-0.3, -0.25) is 33.9 Å². The predicted octanol–water partition coefficient (Wildman–Crippen LogP) is 4.71. The lowest BCUT2D eigenvalue weighted by molar-refractivity contribution is -0.142. The minimum Gasteiger partial charge on any atom is -0.481 e. The zero-order valence-electron chi connectivity index (χ0n) is 28.6. The summed E-state index contributed by atoms with van der Waals surface area (Å²) in [7, 11) is 0. The lowest BCUT2D eigenvalue weighted by atomic mass is 9.81. The summed E-state index contributed by atoms with van der Waals surface area (Å²) >= 11 is 6.19. The molecule has 4 amide bonds. The van der Waals surface area contributed by atoms with E-state index in [0.29, 0.717) is 53.2 Å². The minimum absolute atomic E-state index is 0.126. The molecule has 13 nitrogen and oxygen atoms in total. The van der Waals surface area contributed by atoms with E-state index >= 15 is 0 Å². The van der Waals surface area contributed by atoms with Crippen molar-refractivity contribution in [2.24, 2.45) is 5.41 Å². The fourth-order valence-electron chi connectivity index (χ4n) is 6.91. The van der Waals surface area contributed by atoms with E-state index in [9.17, 15) is 39.0 Å². The van der Waals surface area contributed by atoms with Gasteiger partial charge in [-0.2, -0.15) is 0 Å². The van der Waals surface area contributed by atoms with Crippen LogP contribution in [0.1, 0.15) is 74.7 Å². The molecule has 5 rings (SSSR count). The van der Waals surface area contributed by atoms with E-state index < -0.39 is 53.7 Å². The highest BCUT2D eigenvalue weighted by molar-refractivity contribution is 6.30. The summed E-state index contributed by atoms with van der Waals surface area (Å²) in [5.74, 6) is -4.03. The Balaban J connectivity index is 1.47. The van der Waals surface area contributed by atoms with Crippen LogP contribution < -0.4 is 15.5 Å². The van der Waals surface area contributed by atoms with Crippen LogP contribution >= 0.6 is 11.6 Å². The van der Waals surface area contributed by atoms with Crippen molar-refractivity contribution in [1.82, 2.24) is 20.5 Å². The number of aromatic nitrogens is 1. The van der Waals surface area contributed by atoms with Crippen LogP contribution in [0.4, 0.5) is 5.69 Å². The predicted molar refractivity (Wildman–Crippen MR) is 192 cm³/mol. The number of amides is 4. The molecule has 1 saturated heterocycles. The summed E-state index contributed by atoms with van der Waals surface area (Å²) in [6.45, 7) is 1.70. The summed E-state index contributed by atoms with van der Waals surface area (Å²) in [5.41, 5.74) is 0.966. The molecule has 1 aliphatic carbocycles. The molecule has 272 valence electrons. The highest BCUT2D eigenvalue weighted by Crippen LogP contribution is 2.42. The molecule has 0 radical (unpaired) electrons. The first kappa shape index (κ1) is 37.7. The number of carbonyl (C=O) groups is 6. The Kier molecular flexibility index (Phi) is 12.1. The first-order valence-corrected chi connectivity index (χ1v) is 17.4. The van der Waals surface area contributed by atoms with Crippen LogP contribution in [0.15, 0.2) is 78.8 Å². The van der Waals surface area contributed by atoms with Crippen molar-refractivity contribution in [2.45, 2.75) is 70.5 Å². The third-order valence-electron chi connectivity index (χ3n) is 9.51. The first-order valence-electron chi connectivity index (χ1n) is 17.0. The number of hydrogen-bond acceptors (Lipinski definition) is 7. The van der Waals surface area contributed by atoms with E-state index in [-0.39, 0.29) is 24.4 Å². The Morgan fingerprint density at radius 3 is 2.27 bits per heavy atom. The maximum Gasteiger partial charge on any atom is 0.352 e. The SMILES string of the molecule is CC(=O)NCCC1(C(=O)NC(=Cc2ccc(N3C(=O)C(Cc4cccnc4)N(C(=O)CCC(=O)O)C3c3ccc(Cl)cc3)cc2)C(=O)O)CCCC1. The van der Waals surface area contributed by atoms with E-state index in [4.69, 9.17) is 11.6 Å². The lowest BCUT2D eigenvalue weighted by Crippen LogP contribution is -2.42. The average molecular weight is 730 g/mol. The standard InChI is InChI=1S/C38H40ClN5O8/c1-24(45)41-20-18-38(16-2-3-17-38)37(52)42-30(36(50)51)21-25-6-12-29(13-7-25)43-34(27-8-10-28(39)11-9-27)44(32(46)14-15-33(47)48)31(35(43)49)22-26-5-4-19-40-23-26/h4-13,19,21,23,31,34H,2-3,14-18,20,22H2,1H3,(H,41,45)(H,42,52)(H,47,48)(H,50,51). The second-order valence-electron chi connectivity index (χ2n) is 13.0. The third-order valence-corrected chi connectivity index (χ3v) is 9.76. The Hall–Kier alpha value is -5.56. The molecular weight excluding hydrogens is 690 g/mol. The molecule has 2 heterocycles. The summed E-state index contributed by atoms with van der Waals surface area (Å²) in [4.78, 5) is 83.8. The van der Waals surface area contributed by atoms with Gasteiger partial charge in [-0.15, -0.1) is 0 Å². The molecule has 0 spiro atoms. The van der Waals surface area contributed by atoms with Gasteiger partial charge in [0.25, 0.3) is 5.91 Å². The Morgan fingerprint density at radius 1 is 0.981 bits per heavy atom. The number of nitrogens with zero attached hydrogens (tertiary/aromatic N) is 3. The smallest absolute Gasteiger partial charge is 0.352 e. The number of rotatable bonds is 14. The van der Waals surface area contributed by atoms with Crippen LogP contribution in [0.2, 0.25) is 5.02 Å². The van der Waals surface area contributed by atoms with Crippen LogP contribution in [-0.4, -0.2) is 68.3 Å². The molecule has 4 N–H and O–H groups in total. The van der Waals surface area contributed by atoms with Crippen molar-refractivity contribution in [3.63, 3.8) is 0 Å². The van der Waals surface area contributed by atoms with Gasteiger partial charge in [0.05, 0.1) is 11.8 Å². The number of carbonyl (C=O) groups excluding carboxylic acids is 4. The molecule has 1 saturated carbocycles. The Bertz CT molecular complexity index is 1840. The molecule has 2 aromatic carbocycles. The van der Waals surface area contributed by atoms with Gasteiger partial charge in [-0.05, 0) is 72.4 Å². The molecule has 2 unspecified atom stereocenters. The van der Waals surface area contributed by atoms with Gasteiger partial charge in [0.1, 0.15) is 17.9 Å². The molecule has 1 aromatic heterocycles. The van der Waals surface area contributed by atoms with Gasteiger partial charge >= 0.3 is 11.9 Å². The summed E-state index contributed by atoms with van der Waals surface area (Å²) in [5, 5.41) is 25.1. The highest BCUT2D eigenvalue weighted by Gasteiger charge is 2.49. The summed E-state index contributed by atoms with van der Waals surface area (Å²) in [6, 6.07) is 15.6. The van der Waals surface area contributed by atoms with E-state index in [0.717, 1.165) is 12.8 Å². The fraction of sp³-hybridized carbons (Fsp3) is 0.342. The van der Waals surface area contributed by atoms with E-state index in [1.165, 1.54) is 22.8 Å². The van der Waals surface area contributed by atoms with Gasteiger partial charge in [0, 0.05) is 49.4 Å². The monoisotopic (exact) mass is 729 g/mol. The van der Waals surface area contributed by atoms with Crippen molar-refractivity contribution in [3.05, 3.63) is 100 Å². The quantitative estimate of drug-likeness (QED) is 0.171. The zero-order valence-corrected chi connectivity index (χ0v) is 29.3. The third kappa shape index (κ3) is 8.83. The van der Waals surface area contributed by atoms with Crippen LogP contribution in [0.5, 0.6) is 0 Å². The number of hydrogen-bond donors (Lipinski definition) is 4. The summed E-state index contributed by atoms with van der Waals surface area (Å²) < 4.78 is 0. The second-order valence-corrected chi connectivity index (χ2v) is 13.5. The molecule has 52 heavy (non-hydrogen) atoms. The van der Waals surface area contributed by atoms with E-state index in [2.05, 4.69) is 15.6 Å². The average Bonchev–Trinajstić information content (AvgIpc) is 3.71. The number of carboxylic acids is 2. The molecule has 1 aliphatic heterocycles. The minimum atomic E-state index is -1.33. The number of halogens is 1. The molecule has 2 atom stereocenters. The van der Waals surface area contributed by atoms with Crippen LogP contribution in [0.25, 0.3) is 6.08 Å². The number of pyridine rings is 1. The van der Waals surface area contributed by atoms with Crippen LogP contribution in [0, 0.1) is 5.41 Å². The second kappa shape index (κ2) is 16.6. The Morgan fingerprint density at radius 2 is 1.67 bits per heavy atom. The van der Waals surface area contributed by atoms with Crippen molar-refractivity contribution in [3.8, 4) is 0 Å². The normalized spacial score (nSPS) is 18.3. The number of benzene rings is 2. The maximum absolute atomic E-state index is 14.4. The van der Waals surface area contributed by atoms with Crippen LogP contribution in [0.3, 0.4) is 0 Å². The molecular formula is C38H40ClN5O8. The molecule has 14 heteroatoms. The van der Waals surface area contributed by atoms with Crippen molar-refractivity contribution in [2.75, 3.05) is 11.4 Å².